The minimum Gasteiger partial charge on any atom is -0.385 e. The first-order chi connectivity index (χ1) is 4.95. The van der Waals surface area contributed by atoms with Crippen LogP contribution >= 0.6 is 11.6 Å². The normalized spacial score (nSPS) is 38.1. The third-order valence-corrected chi connectivity index (χ3v) is 2.89. The number of rotatable bonds is 0. The van der Waals surface area contributed by atoms with Crippen LogP contribution in [0.5, 0.6) is 0 Å². The standard InChI is InChI=1S/C9H13ClO/c1-6-7(2)9(3,11)5-4-8(6)10/h4-5,7,11H,1-3H3. The van der Waals surface area contributed by atoms with Crippen molar-refractivity contribution < 1.29 is 5.11 Å². The zero-order chi connectivity index (χ0) is 8.65. The molecule has 0 radical (unpaired) electrons. The van der Waals surface area contributed by atoms with E-state index in [9.17, 15) is 5.11 Å². The predicted octanol–water partition coefficient (Wildman–Crippen LogP) is 2.46. The van der Waals surface area contributed by atoms with Gasteiger partial charge in [0, 0.05) is 11.0 Å². The summed E-state index contributed by atoms with van der Waals surface area (Å²) in [5.41, 5.74) is 0.321. The van der Waals surface area contributed by atoms with E-state index in [4.69, 9.17) is 11.6 Å². The van der Waals surface area contributed by atoms with E-state index >= 15 is 0 Å². The van der Waals surface area contributed by atoms with E-state index in [0.717, 1.165) is 10.6 Å². The molecule has 0 saturated heterocycles. The van der Waals surface area contributed by atoms with E-state index in [1.807, 2.05) is 13.8 Å². The fraction of sp³-hybridized carbons (Fsp3) is 0.556. The molecule has 2 atom stereocenters. The summed E-state index contributed by atoms with van der Waals surface area (Å²) in [4.78, 5) is 0. The molecule has 1 aliphatic rings. The van der Waals surface area contributed by atoms with Crippen molar-refractivity contribution in [2.75, 3.05) is 0 Å². The Bertz CT molecular complexity index is 226. The summed E-state index contributed by atoms with van der Waals surface area (Å²) in [7, 11) is 0. The molecule has 1 N–H and O–H groups in total. The molecule has 11 heavy (non-hydrogen) atoms. The van der Waals surface area contributed by atoms with E-state index in [2.05, 4.69) is 0 Å². The molecule has 62 valence electrons. The summed E-state index contributed by atoms with van der Waals surface area (Å²) in [5, 5.41) is 10.5. The average Bonchev–Trinajstić information content (AvgIpc) is 1.95. The first-order valence-electron chi connectivity index (χ1n) is 3.73. The van der Waals surface area contributed by atoms with Crippen molar-refractivity contribution in [2.45, 2.75) is 26.4 Å². The highest BCUT2D eigenvalue weighted by atomic mass is 35.5. The van der Waals surface area contributed by atoms with Crippen molar-refractivity contribution in [2.24, 2.45) is 5.92 Å². The van der Waals surface area contributed by atoms with E-state index in [1.165, 1.54) is 0 Å². The molecular formula is C9H13ClO. The maximum absolute atomic E-state index is 9.75. The molecule has 0 fully saturated rings. The third kappa shape index (κ3) is 1.49. The van der Waals surface area contributed by atoms with Gasteiger partial charge in [0.05, 0.1) is 5.60 Å². The van der Waals surface area contributed by atoms with Crippen LogP contribution in [-0.4, -0.2) is 10.7 Å². The van der Waals surface area contributed by atoms with Crippen molar-refractivity contribution >= 4 is 11.6 Å². The Morgan fingerprint density at radius 3 is 2.64 bits per heavy atom. The van der Waals surface area contributed by atoms with Crippen LogP contribution in [0.15, 0.2) is 22.8 Å². The fourth-order valence-electron chi connectivity index (χ4n) is 1.16. The lowest BCUT2D eigenvalue weighted by atomic mass is 9.82. The van der Waals surface area contributed by atoms with Gasteiger partial charge in [0.15, 0.2) is 0 Å². The molecule has 0 aromatic carbocycles. The van der Waals surface area contributed by atoms with Crippen LogP contribution in [0.25, 0.3) is 0 Å². The highest BCUT2D eigenvalue weighted by Crippen LogP contribution is 2.33. The van der Waals surface area contributed by atoms with Crippen LogP contribution in [0.2, 0.25) is 0 Å². The van der Waals surface area contributed by atoms with Gasteiger partial charge in [0.25, 0.3) is 0 Å². The largest absolute Gasteiger partial charge is 0.385 e. The van der Waals surface area contributed by atoms with Crippen LogP contribution in [0.1, 0.15) is 20.8 Å². The molecule has 1 rings (SSSR count). The summed E-state index contributed by atoms with van der Waals surface area (Å²) >= 11 is 5.87. The van der Waals surface area contributed by atoms with Gasteiger partial charge in [-0.3, -0.25) is 0 Å². The van der Waals surface area contributed by atoms with Crippen molar-refractivity contribution in [3.05, 3.63) is 22.8 Å². The van der Waals surface area contributed by atoms with Crippen LogP contribution in [0, 0.1) is 5.92 Å². The second-order valence-electron chi connectivity index (χ2n) is 3.31. The van der Waals surface area contributed by atoms with Gasteiger partial charge in [0.1, 0.15) is 0 Å². The molecule has 0 aromatic rings. The van der Waals surface area contributed by atoms with E-state index in [0.29, 0.717) is 0 Å². The molecule has 0 aromatic heterocycles. The highest BCUT2D eigenvalue weighted by molar-refractivity contribution is 6.31. The van der Waals surface area contributed by atoms with Gasteiger partial charge in [-0.1, -0.05) is 24.6 Å². The SMILES string of the molecule is CC1=C(Cl)C=CC(C)(O)C1C. The third-order valence-electron chi connectivity index (χ3n) is 2.47. The van der Waals surface area contributed by atoms with Crippen molar-refractivity contribution in [3.8, 4) is 0 Å². The van der Waals surface area contributed by atoms with Gasteiger partial charge in [-0.15, -0.1) is 0 Å². The molecule has 0 amide bonds. The first-order valence-corrected chi connectivity index (χ1v) is 4.11. The second kappa shape index (κ2) is 2.65. The van der Waals surface area contributed by atoms with E-state index in [1.54, 1.807) is 19.1 Å². The topological polar surface area (TPSA) is 20.2 Å². The van der Waals surface area contributed by atoms with E-state index in [-0.39, 0.29) is 5.92 Å². The summed E-state index contributed by atoms with van der Waals surface area (Å²) in [6.45, 7) is 5.72. The number of halogens is 1. The number of hydrogen-bond acceptors (Lipinski definition) is 1. The van der Waals surface area contributed by atoms with Crippen LogP contribution < -0.4 is 0 Å². The summed E-state index contributed by atoms with van der Waals surface area (Å²) < 4.78 is 0. The Morgan fingerprint density at radius 1 is 1.64 bits per heavy atom. The summed E-state index contributed by atoms with van der Waals surface area (Å²) in [6.07, 6.45) is 3.50. The molecular weight excluding hydrogens is 160 g/mol. The number of hydrogen-bond donors (Lipinski definition) is 1. The summed E-state index contributed by atoms with van der Waals surface area (Å²) in [5.74, 6) is 0.111. The van der Waals surface area contributed by atoms with Gasteiger partial charge in [-0.05, 0) is 25.5 Å². The predicted molar refractivity (Wildman–Crippen MR) is 47.5 cm³/mol. The second-order valence-corrected chi connectivity index (χ2v) is 3.72. The van der Waals surface area contributed by atoms with Gasteiger partial charge >= 0.3 is 0 Å². The Balaban J connectivity index is 3.01. The monoisotopic (exact) mass is 172 g/mol. The molecule has 1 aliphatic carbocycles. The lowest BCUT2D eigenvalue weighted by Crippen LogP contribution is -2.33. The zero-order valence-corrected chi connectivity index (χ0v) is 7.81. The molecule has 2 unspecified atom stereocenters. The lowest BCUT2D eigenvalue weighted by molar-refractivity contribution is 0.0679. The molecule has 0 bridgehead atoms. The minimum atomic E-state index is -0.734. The van der Waals surface area contributed by atoms with Crippen LogP contribution in [-0.2, 0) is 0 Å². The number of allylic oxidation sites excluding steroid dienone is 2. The highest BCUT2D eigenvalue weighted by Gasteiger charge is 2.30. The van der Waals surface area contributed by atoms with Gasteiger partial charge in [0.2, 0.25) is 0 Å². The Hall–Kier alpha value is -0.270. The Labute approximate surface area is 72.4 Å². The van der Waals surface area contributed by atoms with Crippen LogP contribution in [0.4, 0.5) is 0 Å². The number of aliphatic hydroxyl groups is 1. The molecule has 1 nitrogen and oxygen atoms in total. The fourth-order valence-corrected chi connectivity index (χ4v) is 1.39. The van der Waals surface area contributed by atoms with Crippen LogP contribution in [0.3, 0.4) is 0 Å². The zero-order valence-electron chi connectivity index (χ0n) is 7.06. The minimum absolute atomic E-state index is 0.111. The maximum atomic E-state index is 9.75. The molecule has 0 aliphatic heterocycles. The van der Waals surface area contributed by atoms with Gasteiger partial charge in [-0.2, -0.15) is 0 Å². The average molecular weight is 173 g/mol. The van der Waals surface area contributed by atoms with Crippen molar-refractivity contribution in [3.63, 3.8) is 0 Å². The molecule has 0 heterocycles. The Kier molecular flexibility index (Phi) is 2.13. The van der Waals surface area contributed by atoms with Crippen molar-refractivity contribution in [1.82, 2.24) is 0 Å². The van der Waals surface area contributed by atoms with Crippen molar-refractivity contribution in [1.29, 1.82) is 0 Å². The van der Waals surface area contributed by atoms with E-state index < -0.39 is 5.60 Å². The quantitative estimate of drug-likeness (QED) is 0.595. The maximum Gasteiger partial charge on any atom is 0.0866 e. The van der Waals surface area contributed by atoms with Gasteiger partial charge < -0.3 is 5.11 Å². The van der Waals surface area contributed by atoms with Gasteiger partial charge in [-0.25, -0.2) is 0 Å². The molecule has 0 spiro atoms. The lowest BCUT2D eigenvalue weighted by Gasteiger charge is -2.31. The Morgan fingerprint density at radius 2 is 2.18 bits per heavy atom. The first kappa shape index (κ1) is 8.82. The smallest absolute Gasteiger partial charge is 0.0866 e. The molecule has 0 saturated carbocycles. The molecule has 2 heteroatoms. The summed E-state index contributed by atoms with van der Waals surface area (Å²) in [6, 6.07) is 0.